The van der Waals surface area contributed by atoms with E-state index in [2.05, 4.69) is 0 Å². The van der Waals surface area contributed by atoms with Gasteiger partial charge in [-0.2, -0.15) is 0 Å². The predicted molar refractivity (Wildman–Crippen MR) is 62.6 cm³/mol. The van der Waals surface area contributed by atoms with E-state index in [1.165, 1.54) is 0 Å². The van der Waals surface area contributed by atoms with Crippen molar-refractivity contribution in [2.24, 2.45) is 5.92 Å². The Labute approximate surface area is 99.1 Å². The second kappa shape index (κ2) is 7.01. The number of carbonyl (C=O) groups excluding carboxylic acids is 1. The summed E-state index contributed by atoms with van der Waals surface area (Å²) in [7, 11) is -0.942. The highest BCUT2D eigenvalue weighted by atomic mass is 32.2. The molecule has 0 aromatic heterocycles. The summed E-state index contributed by atoms with van der Waals surface area (Å²) in [4.78, 5) is 11.4. The minimum atomic E-state index is -0.942. The second-order valence-electron chi connectivity index (χ2n) is 4.01. The van der Waals surface area contributed by atoms with E-state index in [-0.39, 0.29) is 17.1 Å². The van der Waals surface area contributed by atoms with Gasteiger partial charge >= 0.3 is 5.97 Å². The van der Waals surface area contributed by atoms with Crippen LogP contribution in [0.3, 0.4) is 0 Å². The van der Waals surface area contributed by atoms with Gasteiger partial charge < -0.3 is 9.47 Å². The highest BCUT2D eigenvalue weighted by Gasteiger charge is 2.24. The molecule has 94 valence electrons. The predicted octanol–water partition coefficient (Wildman–Crippen LogP) is 1.11. The van der Waals surface area contributed by atoms with Crippen molar-refractivity contribution >= 4 is 16.8 Å². The van der Waals surface area contributed by atoms with Gasteiger partial charge in [0.15, 0.2) is 0 Å². The Kier molecular flexibility index (Phi) is 5.98. The smallest absolute Gasteiger partial charge is 0.309 e. The SMILES string of the molecule is CCOC(=O)C(C)CS(=O)C1CCOCC1. The van der Waals surface area contributed by atoms with Crippen LogP contribution in [0.2, 0.25) is 0 Å². The lowest BCUT2D eigenvalue weighted by Crippen LogP contribution is -2.30. The summed E-state index contributed by atoms with van der Waals surface area (Å²) in [6.07, 6.45) is 1.67. The maximum atomic E-state index is 12.0. The van der Waals surface area contributed by atoms with Crippen molar-refractivity contribution in [3.63, 3.8) is 0 Å². The molecule has 1 fully saturated rings. The zero-order valence-electron chi connectivity index (χ0n) is 9.94. The van der Waals surface area contributed by atoms with Crippen LogP contribution in [0, 0.1) is 5.92 Å². The summed E-state index contributed by atoms with van der Waals surface area (Å²) in [5.41, 5.74) is 0. The zero-order chi connectivity index (χ0) is 12.0. The van der Waals surface area contributed by atoms with Crippen LogP contribution >= 0.6 is 0 Å². The highest BCUT2D eigenvalue weighted by Crippen LogP contribution is 2.15. The molecular weight excluding hydrogens is 228 g/mol. The molecule has 0 amide bonds. The van der Waals surface area contributed by atoms with Gasteiger partial charge in [-0.3, -0.25) is 9.00 Å². The first-order chi connectivity index (χ1) is 7.65. The van der Waals surface area contributed by atoms with E-state index in [0.29, 0.717) is 25.6 Å². The number of hydrogen-bond donors (Lipinski definition) is 0. The molecule has 16 heavy (non-hydrogen) atoms. The molecule has 0 aliphatic carbocycles. The van der Waals surface area contributed by atoms with Crippen LogP contribution < -0.4 is 0 Å². The lowest BCUT2D eigenvalue weighted by Gasteiger charge is -2.22. The van der Waals surface area contributed by atoms with E-state index in [0.717, 1.165) is 12.8 Å². The molecule has 1 rings (SSSR count). The number of rotatable bonds is 5. The Morgan fingerprint density at radius 1 is 1.50 bits per heavy atom. The Morgan fingerprint density at radius 2 is 2.12 bits per heavy atom. The van der Waals surface area contributed by atoms with Crippen molar-refractivity contribution in [2.45, 2.75) is 31.9 Å². The molecule has 5 heteroatoms. The molecule has 1 saturated heterocycles. The van der Waals surface area contributed by atoms with Crippen molar-refractivity contribution in [1.82, 2.24) is 0 Å². The number of esters is 1. The first-order valence-electron chi connectivity index (χ1n) is 5.76. The summed E-state index contributed by atoms with van der Waals surface area (Å²) in [6, 6.07) is 0. The van der Waals surface area contributed by atoms with Crippen LogP contribution in [0.1, 0.15) is 26.7 Å². The number of ether oxygens (including phenoxy) is 2. The van der Waals surface area contributed by atoms with Gasteiger partial charge in [0.2, 0.25) is 0 Å². The van der Waals surface area contributed by atoms with Gasteiger partial charge in [0.05, 0.1) is 12.5 Å². The van der Waals surface area contributed by atoms with Crippen molar-refractivity contribution in [3.8, 4) is 0 Å². The van der Waals surface area contributed by atoms with Gasteiger partial charge in [0, 0.05) is 35.0 Å². The summed E-state index contributed by atoms with van der Waals surface area (Å²) >= 11 is 0. The minimum Gasteiger partial charge on any atom is -0.466 e. The van der Waals surface area contributed by atoms with Gasteiger partial charge in [-0.05, 0) is 19.8 Å². The van der Waals surface area contributed by atoms with Crippen molar-refractivity contribution < 1.29 is 18.5 Å². The molecule has 2 atom stereocenters. The normalized spacial score (nSPS) is 21.4. The Hall–Kier alpha value is -0.420. The van der Waals surface area contributed by atoms with Gasteiger partial charge in [0.1, 0.15) is 0 Å². The molecule has 0 bridgehead atoms. The Morgan fingerprint density at radius 3 is 2.69 bits per heavy atom. The quantitative estimate of drug-likeness (QED) is 0.684. The standard InChI is InChI=1S/C11H20O4S/c1-3-15-11(12)9(2)8-16(13)10-4-6-14-7-5-10/h9-10H,3-8H2,1-2H3. The Balaban J connectivity index is 2.34. The minimum absolute atomic E-state index is 0.186. The summed E-state index contributed by atoms with van der Waals surface area (Å²) in [5, 5.41) is 0.186. The first-order valence-corrected chi connectivity index (χ1v) is 7.15. The maximum absolute atomic E-state index is 12.0. The monoisotopic (exact) mass is 248 g/mol. The average molecular weight is 248 g/mol. The van der Waals surface area contributed by atoms with Crippen LogP contribution in [-0.2, 0) is 25.1 Å². The number of carbonyl (C=O) groups is 1. The maximum Gasteiger partial charge on any atom is 0.309 e. The summed E-state index contributed by atoms with van der Waals surface area (Å²) < 4.78 is 22.1. The molecule has 1 aliphatic heterocycles. The molecule has 0 aromatic carbocycles. The Bertz CT molecular complexity index is 248. The van der Waals surface area contributed by atoms with E-state index < -0.39 is 10.8 Å². The topological polar surface area (TPSA) is 52.6 Å². The first kappa shape index (κ1) is 13.6. The van der Waals surface area contributed by atoms with Gasteiger partial charge in [-0.25, -0.2) is 0 Å². The van der Waals surface area contributed by atoms with Crippen LogP contribution in [-0.4, -0.2) is 41.0 Å². The third-order valence-corrected chi connectivity index (χ3v) is 4.69. The van der Waals surface area contributed by atoms with E-state index in [1.807, 2.05) is 0 Å². The molecule has 1 heterocycles. The van der Waals surface area contributed by atoms with E-state index in [1.54, 1.807) is 13.8 Å². The largest absolute Gasteiger partial charge is 0.466 e. The van der Waals surface area contributed by atoms with E-state index >= 15 is 0 Å². The summed E-state index contributed by atoms with van der Waals surface area (Å²) in [5.74, 6) is -0.115. The van der Waals surface area contributed by atoms with Crippen LogP contribution in [0.4, 0.5) is 0 Å². The van der Waals surface area contributed by atoms with Crippen molar-refractivity contribution in [3.05, 3.63) is 0 Å². The van der Waals surface area contributed by atoms with Crippen LogP contribution in [0.25, 0.3) is 0 Å². The molecule has 2 unspecified atom stereocenters. The molecule has 4 nitrogen and oxygen atoms in total. The third kappa shape index (κ3) is 4.22. The number of hydrogen-bond acceptors (Lipinski definition) is 4. The molecule has 0 spiro atoms. The lowest BCUT2D eigenvalue weighted by atomic mass is 10.2. The fraction of sp³-hybridized carbons (Fsp3) is 0.909. The van der Waals surface area contributed by atoms with Gasteiger partial charge in [-0.1, -0.05) is 6.92 Å². The molecule has 0 saturated carbocycles. The molecule has 0 radical (unpaired) electrons. The van der Waals surface area contributed by atoms with Crippen LogP contribution in [0.5, 0.6) is 0 Å². The lowest BCUT2D eigenvalue weighted by molar-refractivity contribution is -0.146. The van der Waals surface area contributed by atoms with Gasteiger partial charge in [-0.15, -0.1) is 0 Å². The summed E-state index contributed by atoms with van der Waals surface area (Å²) in [6.45, 7) is 5.30. The zero-order valence-corrected chi connectivity index (χ0v) is 10.8. The second-order valence-corrected chi connectivity index (χ2v) is 5.77. The third-order valence-electron chi connectivity index (χ3n) is 2.64. The van der Waals surface area contributed by atoms with Crippen molar-refractivity contribution in [2.75, 3.05) is 25.6 Å². The van der Waals surface area contributed by atoms with Crippen molar-refractivity contribution in [1.29, 1.82) is 0 Å². The highest BCUT2D eigenvalue weighted by molar-refractivity contribution is 7.85. The van der Waals surface area contributed by atoms with E-state index in [4.69, 9.17) is 9.47 Å². The molecule has 1 aliphatic rings. The molecular formula is C11H20O4S. The fourth-order valence-corrected chi connectivity index (χ4v) is 3.29. The molecule has 0 aromatic rings. The molecule has 0 N–H and O–H groups in total. The van der Waals surface area contributed by atoms with Gasteiger partial charge in [0.25, 0.3) is 0 Å². The van der Waals surface area contributed by atoms with Crippen LogP contribution in [0.15, 0.2) is 0 Å². The fourth-order valence-electron chi connectivity index (χ4n) is 1.67. The average Bonchev–Trinajstić information content (AvgIpc) is 2.30. The van der Waals surface area contributed by atoms with E-state index in [9.17, 15) is 9.00 Å².